The lowest BCUT2D eigenvalue weighted by atomic mass is 9.80. The van der Waals surface area contributed by atoms with E-state index in [-0.39, 0.29) is 24.4 Å². The third-order valence-electron chi connectivity index (χ3n) is 5.17. The predicted molar refractivity (Wildman–Crippen MR) is 104 cm³/mol. The van der Waals surface area contributed by atoms with Crippen molar-refractivity contribution in [1.82, 2.24) is 0 Å². The highest BCUT2D eigenvalue weighted by atomic mass is 16.5. The molecule has 1 fully saturated rings. The van der Waals surface area contributed by atoms with E-state index in [2.05, 4.69) is 12.2 Å². The second-order valence-corrected chi connectivity index (χ2v) is 7.08. The third-order valence-corrected chi connectivity index (χ3v) is 5.17. The number of carbonyl (C=O) groups is 2. The Bertz CT molecular complexity index is 623. The maximum absolute atomic E-state index is 12.2. The number of amides is 1. The van der Waals surface area contributed by atoms with Gasteiger partial charge in [0.05, 0.1) is 25.8 Å². The van der Waals surface area contributed by atoms with Gasteiger partial charge in [-0.05, 0) is 43.7 Å². The van der Waals surface area contributed by atoms with E-state index >= 15 is 0 Å². The Balaban J connectivity index is 1.76. The first-order valence-corrected chi connectivity index (χ1v) is 9.75. The summed E-state index contributed by atoms with van der Waals surface area (Å²) in [6, 6.07) is 5.09. The first kappa shape index (κ1) is 21.1. The van der Waals surface area contributed by atoms with E-state index < -0.39 is 0 Å². The second kappa shape index (κ2) is 10.8. The molecule has 1 saturated carbocycles. The molecule has 2 rings (SSSR count). The van der Waals surface area contributed by atoms with Crippen molar-refractivity contribution < 1.29 is 23.8 Å². The Morgan fingerprint density at radius 1 is 1.11 bits per heavy atom. The number of carbonyl (C=O) groups excluding carboxylic acids is 2. The Morgan fingerprint density at radius 2 is 1.85 bits per heavy atom. The molecule has 1 aliphatic rings. The minimum atomic E-state index is -0.386. The number of ether oxygens (including phenoxy) is 3. The maximum atomic E-state index is 12.2. The number of methoxy groups -OCH3 is 2. The Kier molecular flexibility index (Phi) is 8.43. The topological polar surface area (TPSA) is 73.9 Å². The molecule has 6 heteroatoms. The first-order chi connectivity index (χ1) is 13.1. The van der Waals surface area contributed by atoms with Gasteiger partial charge in [-0.25, -0.2) is 0 Å². The predicted octanol–water partition coefficient (Wildman–Crippen LogP) is 4.18. The monoisotopic (exact) mass is 377 g/mol. The zero-order chi connectivity index (χ0) is 19.6. The highest BCUT2D eigenvalue weighted by molar-refractivity contribution is 5.94. The first-order valence-electron chi connectivity index (χ1n) is 9.75. The molecule has 1 amide bonds. The van der Waals surface area contributed by atoms with Crippen molar-refractivity contribution >= 4 is 17.6 Å². The fraction of sp³-hybridized carbons (Fsp3) is 0.619. The molecule has 0 spiro atoms. The van der Waals surface area contributed by atoms with Gasteiger partial charge in [-0.1, -0.05) is 26.2 Å². The molecule has 1 aromatic rings. The fourth-order valence-electron chi connectivity index (χ4n) is 3.52. The third kappa shape index (κ3) is 6.45. The van der Waals surface area contributed by atoms with Crippen molar-refractivity contribution in [3.8, 4) is 11.5 Å². The van der Waals surface area contributed by atoms with Gasteiger partial charge in [0.15, 0.2) is 6.61 Å². The summed E-state index contributed by atoms with van der Waals surface area (Å²) in [4.78, 5) is 24.4. The van der Waals surface area contributed by atoms with Crippen molar-refractivity contribution in [2.75, 3.05) is 26.1 Å². The van der Waals surface area contributed by atoms with E-state index in [1.165, 1.54) is 26.4 Å². The van der Waals surface area contributed by atoms with Crippen LogP contribution in [0.25, 0.3) is 0 Å². The number of unbranched alkanes of at least 4 members (excludes halogenated alkanes) is 1. The smallest absolute Gasteiger partial charge is 0.309 e. The van der Waals surface area contributed by atoms with Crippen LogP contribution in [0.4, 0.5) is 5.69 Å². The Hall–Kier alpha value is -2.24. The SMILES string of the molecule is CCCCC1CCC(C(=O)OCC(=O)Nc2ccc(OC)cc2OC)CC1. The summed E-state index contributed by atoms with van der Waals surface area (Å²) in [7, 11) is 3.07. The van der Waals surface area contributed by atoms with Gasteiger partial charge in [0.1, 0.15) is 11.5 Å². The molecular formula is C21H31NO5. The zero-order valence-electron chi connectivity index (χ0n) is 16.6. The largest absolute Gasteiger partial charge is 0.497 e. The van der Waals surface area contributed by atoms with Crippen molar-refractivity contribution in [1.29, 1.82) is 0 Å². The van der Waals surface area contributed by atoms with Crippen molar-refractivity contribution in [2.24, 2.45) is 11.8 Å². The maximum Gasteiger partial charge on any atom is 0.309 e. The molecule has 0 bridgehead atoms. The van der Waals surface area contributed by atoms with E-state index in [9.17, 15) is 9.59 Å². The molecule has 1 aromatic carbocycles. The summed E-state index contributed by atoms with van der Waals surface area (Å²) in [5, 5.41) is 2.70. The van der Waals surface area contributed by atoms with E-state index in [0.717, 1.165) is 31.6 Å². The van der Waals surface area contributed by atoms with Gasteiger partial charge >= 0.3 is 5.97 Å². The van der Waals surface area contributed by atoms with Gasteiger partial charge in [-0.15, -0.1) is 0 Å². The molecule has 0 aromatic heterocycles. The lowest BCUT2D eigenvalue weighted by molar-refractivity contribution is -0.152. The fourth-order valence-corrected chi connectivity index (χ4v) is 3.52. The van der Waals surface area contributed by atoms with E-state index in [1.54, 1.807) is 25.3 Å². The molecule has 0 heterocycles. The van der Waals surface area contributed by atoms with Crippen molar-refractivity contribution in [3.63, 3.8) is 0 Å². The molecule has 27 heavy (non-hydrogen) atoms. The normalized spacial score (nSPS) is 19.2. The Labute approximate surface area is 161 Å². The van der Waals surface area contributed by atoms with Crippen LogP contribution < -0.4 is 14.8 Å². The van der Waals surface area contributed by atoms with E-state index in [4.69, 9.17) is 14.2 Å². The van der Waals surface area contributed by atoms with Crippen LogP contribution in [-0.4, -0.2) is 32.7 Å². The van der Waals surface area contributed by atoms with Crippen LogP contribution in [0, 0.1) is 11.8 Å². The zero-order valence-corrected chi connectivity index (χ0v) is 16.6. The lowest BCUT2D eigenvalue weighted by Gasteiger charge is -2.27. The summed E-state index contributed by atoms with van der Waals surface area (Å²) in [6.45, 7) is 1.92. The number of nitrogens with one attached hydrogen (secondary N) is 1. The van der Waals surface area contributed by atoms with Crippen LogP contribution in [-0.2, 0) is 14.3 Å². The average molecular weight is 377 g/mol. The second-order valence-electron chi connectivity index (χ2n) is 7.08. The molecule has 0 unspecified atom stereocenters. The summed E-state index contributed by atoms with van der Waals surface area (Å²) in [6.07, 6.45) is 7.61. The van der Waals surface area contributed by atoms with Crippen molar-refractivity contribution in [2.45, 2.75) is 51.9 Å². The van der Waals surface area contributed by atoms with Crippen LogP contribution in [0.2, 0.25) is 0 Å². The van der Waals surface area contributed by atoms with E-state index in [1.807, 2.05) is 0 Å². The minimum Gasteiger partial charge on any atom is -0.497 e. The van der Waals surface area contributed by atoms with Crippen molar-refractivity contribution in [3.05, 3.63) is 18.2 Å². The van der Waals surface area contributed by atoms with Crippen LogP contribution in [0.1, 0.15) is 51.9 Å². The molecule has 6 nitrogen and oxygen atoms in total. The summed E-state index contributed by atoms with van der Waals surface area (Å²) >= 11 is 0. The molecule has 0 aliphatic heterocycles. The van der Waals surface area contributed by atoms with Gasteiger partial charge in [-0.2, -0.15) is 0 Å². The number of anilines is 1. The quantitative estimate of drug-likeness (QED) is 0.654. The molecular weight excluding hydrogens is 346 g/mol. The highest BCUT2D eigenvalue weighted by Crippen LogP contribution is 2.32. The van der Waals surface area contributed by atoms with Crippen LogP contribution in [0.3, 0.4) is 0 Å². The summed E-state index contributed by atoms with van der Waals surface area (Å²) in [5.74, 6) is 1.13. The van der Waals surface area contributed by atoms with Gasteiger partial charge in [0.25, 0.3) is 5.91 Å². The number of rotatable bonds is 9. The minimum absolute atomic E-state index is 0.0776. The van der Waals surface area contributed by atoms with Crippen LogP contribution in [0.5, 0.6) is 11.5 Å². The summed E-state index contributed by atoms with van der Waals surface area (Å²) in [5.41, 5.74) is 0.510. The molecule has 0 radical (unpaired) electrons. The average Bonchev–Trinajstić information content (AvgIpc) is 2.71. The summed E-state index contributed by atoms with van der Waals surface area (Å²) < 4.78 is 15.6. The van der Waals surface area contributed by atoms with Gasteiger partial charge < -0.3 is 19.5 Å². The van der Waals surface area contributed by atoms with Gasteiger partial charge in [0, 0.05) is 6.07 Å². The molecule has 150 valence electrons. The number of hydrogen-bond acceptors (Lipinski definition) is 5. The van der Waals surface area contributed by atoms with Gasteiger partial charge in [0.2, 0.25) is 0 Å². The van der Waals surface area contributed by atoms with Gasteiger partial charge in [-0.3, -0.25) is 9.59 Å². The number of esters is 1. The molecule has 1 N–H and O–H groups in total. The number of benzene rings is 1. The molecule has 0 saturated heterocycles. The molecule has 0 atom stereocenters. The van der Waals surface area contributed by atoms with Crippen LogP contribution in [0.15, 0.2) is 18.2 Å². The lowest BCUT2D eigenvalue weighted by Crippen LogP contribution is -2.27. The molecule has 1 aliphatic carbocycles. The Morgan fingerprint density at radius 3 is 2.48 bits per heavy atom. The van der Waals surface area contributed by atoms with Crippen LogP contribution >= 0.6 is 0 Å². The number of hydrogen-bond donors (Lipinski definition) is 1. The standard InChI is InChI=1S/C21H31NO5/c1-4-5-6-15-7-9-16(10-8-15)21(24)27-14-20(23)22-18-12-11-17(25-2)13-19(18)26-3/h11-13,15-16H,4-10,14H2,1-3H3,(H,22,23). The van der Waals surface area contributed by atoms with E-state index in [0.29, 0.717) is 17.2 Å². The highest BCUT2D eigenvalue weighted by Gasteiger charge is 2.27.